The van der Waals surface area contributed by atoms with Crippen molar-refractivity contribution in [3.05, 3.63) is 52.8 Å². The van der Waals surface area contributed by atoms with E-state index in [9.17, 15) is 9.59 Å². The highest BCUT2D eigenvalue weighted by molar-refractivity contribution is 6.14. The fourth-order valence-corrected chi connectivity index (χ4v) is 3.48. The van der Waals surface area contributed by atoms with Crippen molar-refractivity contribution in [1.29, 1.82) is 0 Å². The molecule has 3 aromatic rings. The van der Waals surface area contributed by atoms with E-state index in [1.807, 2.05) is 32.0 Å². The number of amides is 3. The Morgan fingerprint density at radius 1 is 1.24 bits per heavy atom. The zero-order chi connectivity index (χ0) is 23.2. The van der Waals surface area contributed by atoms with Crippen LogP contribution in [0.3, 0.4) is 0 Å². The van der Waals surface area contributed by atoms with Crippen molar-refractivity contribution >= 4 is 35.6 Å². The van der Waals surface area contributed by atoms with Crippen LogP contribution in [0.4, 0.5) is 16.7 Å². The van der Waals surface area contributed by atoms with Crippen molar-refractivity contribution in [2.75, 3.05) is 10.6 Å². The number of nitrogens with one attached hydrogen (secondary N) is 4. The van der Waals surface area contributed by atoms with Gasteiger partial charge in [0, 0.05) is 23.7 Å². The van der Waals surface area contributed by atoms with E-state index in [-0.39, 0.29) is 5.70 Å². The fraction of sp³-hybridized carbons (Fsp3) is 0.318. The molecule has 2 aromatic heterocycles. The molecule has 0 spiro atoms. The Morgan fingerprint density at radius 2 is 2.06 bits per heavy atom. The molecule has 1 aliphatic heterocycles. The molecule has 2 aliphatic rings. The summed E-state index contributed by atoms with van der Waals surface area (Å²) in [6.45, 7) is 4.44. The standard InChI is InChI=1S/C22H25N9O2/c1-22(2,23)14-5-3-4-12(8-14)10-24-19-28-17-13(9-16-18(32)29-21(33)27-16)11-25-31(17)20(30-19)26-15-6-7-15/h3-5,8-9,11,15H,6-7,10,23H2,1-2H3,(H2,24,26,28,30)(H2,27,29,32,33)/b16-9-. The predicted octanol–water partition coefficient (Wildman–Crippen LogP) is 1.68. The summed E-state index contributed by atoms with van der Waals surface area (Å²) in [6.07, 6.45) is 5.27. The zero-order valence-corrected chi connectivity index (χ0v) is 18.3. The van der Waals surface area contributed by atoms with Crippen LogP contribution in [0.5, 0.6) is 0 Å². The number of aromatic nitrogens is 4. The van der Waals surface area contributed by atoms with E-state index in [1.165, 1.54) is 0 Å². The minimum absolute atomic E-state index is 0.140. The first-order chi connectivity index (χ1) is 15.8. The second kappa shape index (κ2) is 7.85. The maximum atomic E-state index is 11.9. The Labute approximate surface area is 189 Å². The van der Waals surface area contributed by atoms with E-state index in [1.54, 1.807) is 16.8 Å². The van der Waals surface area contributed by atoms with E-state index in [4.69, 9.17) is 5.73 Å². The largest absolute Gasteiger partial charge is 0.351 e. The van der Waals surface area contributed by atoms with Crippen LogP contribution in [0.25, 0.3) is 11.7 Å². The molecule has 0 atom stereocenters. The summed E-state index contributed by atoms with van der Waals surface area (Å²) in [5.41, 5.74) is 9.11. The number of carbonyl (C=O) groups is 2. The van der Waals surface area contributed by atoms with E-state index >= 15 is 0 Å². The number of imide groups is 1. The highest BCUT2D eigenvalue weighted by Crippen LogP contribution is 2.26. The van der Waals surface area contributed by atoms with Crippen molar-refractivity contribution in [2.24, 2.45) is 5.73 Å². The Kier molecular flexibility index (Phi) is 4.97. The van der Waals surface area contributed by atoms with Gasteiger partial charge in [-0.2, -0.15) is 19.6 Å². The van der Waals surface area contributed by atoms with Gasteiger partial charge in [-0.1, -0.05) is 24.3 Å². The number of fused-ring (bicyclic) bond motifs is 1. The molecule has 1 aromatic carbocycles. The van der Waals surface area contributed by atoms with Gasteiger partial charge in [0.25, 0.3) is 5.91 Å². The third-order valence-electron chi connectivity index (χ3n) is 5.45. The summed E-state index contributed by atoms with van der Waals surface area (Å²) in [5, 5.41) is 15.7. The molecule has 3 heterocycles. The SMILES string of the molecule is CC(C)(N)c1cccc(CNc2nc(NC3CC3)n3ncc(/C=C4\NC(=O)NC4=O)c3n2)c1. The van der Waals surface area contributed by atoms with Crippen molar-refractivity contribution in [3.63, 3.8) is 0 Å². The Hall–Kier alpha value is -3.99. The minimum Gasteiger partial charge on any atom is -0.351 e. The lowest BCUT2D eigenvalue weighted by atomic mass is 9.94. The van der Waals surface area contributed by atoms with Gasteiger partial charge in [-0.3, -0.25) is 10.1 Å². The van der Waals surface area contributed by atoms with Crippen LogP contribution in [0.1, 0.15) is 43.4 Å². The molecule has 6 N–H and O–H groups in total. The maximum Gasteiger partial charge on any atom is 0.326 e. The van der Waals surface area contributed by atoms with Crippen LogP contribution in [0.2, 0.25) is 0 Å². The van der Waals surface area contributed by atoms with Gasteiger partial charge in [0.1, 0.15) is 5.70 Å². The van der Waals surface area contributed by atoms with Crippen LogP contribution in [-0.2, 0) is 16.9 Å². The quantitative estimate of drug-likeness (QED) is 0.271. The van der Waals surface area contributed by atoms with Crippen LogP contribution in [0.15, 0.2) is 36.2 Å². The Morgan fingerprint density at radius 3 is 2.76 bits per heavy atom. The Bertz CT molecular complexity index is 1280. The summed E-state index contributed by atoms with van der Waals surface area (Å²) in [7, 11) is 0. The molecular weight excluding hydrogens is 422 g/mol. The van der Waals surface area contributed by atoms with Gasteiger partial charge < -0.3 is 21.7 Å². The average Bonchev–Trinajstić information content (AvgIpc) is 3.40. The summed E-state index contributed by atoms with van der Waals surface area (Å²) in [5.74, 6) is 0.486. The first-order valence-electron chi connectivity index (χ1n) is 10.7. The number of benzene rings is 1. The van der Waals surface area contributed by atoms with E-state index in [0.29, 0.717) is 35.7 Å². The zero-order valence-electron chi connectivity index (χ0n) is 18.3. The van der Waals surface area contributed by atoms with E-state index < -0.39 is 17.5 Å². The van der Waals surface area contributed by atoms with Gasteiger partial charge >= 0.3 is 6.03 Å². The summed E-state index contributed by atoms with van der Waals surface area (Å²) < 4.78 is 1.60. The summed E-state index contributed by atoms with van der Waals surface area (Å²) >= 11 is 0. The lowest BCUT2D eigenvalue weighted by Crippen LogP contribution is -2.28. The maximum absolute atomic E-state index is 11.9. The summed E-state index contributed by atoms with van der Waals surface area (Å²) in [6, 6.07) is 7.86. The highest BCUT2D eigenvalue weighted by Gasteiger charge is 2.26. The first-order valence-corrected chi connectivity index (χ1v) is 10.7. The molecule has 170 valence electrons. The molecule has 0 radical (unpaired) electrons. The molecule has 3 amide bonds. The average molecular weight is 448 g/mol. The normalized spacial score (nSPS) is 17.4. The smallest absolute Gasteiger partial charge is 0.326 e. The Balaban J connectivity index is 1.46. The van der Waals surface area contributed by atoms with Crippen LogP contribution < -0.4 is 27.0 Å². The van der Waals surface area contributed by atoms with E-state index in [0.717, 1.165) is 24.0 Å². The molecule has 0 unspecified atom stereocenters. The van der Waals surface area contributed by atoms with Gasteiger partial charge in [-0.25, -0.2) is 4.79 Å². The molecule has 1 saturated carbocycles. The van der Waals surface area contributed by atoms with Crippen molar-refractivity contribution in [1.82, 2.24) is 30.2 Å². The van der Waals surface area contributed by atoms with Crippen LogP contribution in [-0.4, -0.2) is 37.6 Å². The van der Waals surface area contributed by atoms with Gasteiger partial charge in [0.05, 0.1) is 6.20 Å². The molecule has 1 saturated heterocycles. The fourth-order valence-electron chi connectivity index (χ4n) is 3.48. The van der Waals surface area contributed by atoms with Gasteiger partial charge in [-0.15, -0.1) is 0 Å². The van der Waals surface area contributed by atoms with Gasteiger partial charge in [0.15, 0.2) is 5.65 Å². The van der Waals surface area contributed by atoms with E-state index in [2.05, 4.69) is 42.4 Å². The van der Waals surface area contributed by atoms with Crippen molar-refractivity contribution in [2.45, 2.75) is 44.8 Å². The van der Waals surface area contributed by atoms with Crippen molar-refractivity contribution < 1.29 is 9.59 Å². The number of nitrogens with zero attached hydrogens (tertiary/aromatic N) is 4. The monoisotopic (exact) mass is 447 g/mol. The molecule has 0 bridgehead atoms. The first kappa shape index (κ1) is 20.9. The highest BCUT2D eigenvalue weighted by atomic mass is 16.2. The predicted molar refractivity (Wildman–Crippen MR) is 123 cm³/mol. The molecule has 1 aliphatic carbocycles. The van der Waals surface area contributed by atoms with Gasteiger partial charge in [-0.05, 0) is 43.9 Å². The molecule has 5 rings (SSSR count). The molecular formula is C22H25N9O2. The number of urea groups is 1. The molecule has 2 fully saturated rings. The number of hydrogen-bond acceptors (Lipinski definition) is 8. The van der Waals surface area contributed by atoms with Crippen LogP contribution >= 0.6 is 0 Å². The lowest BCUT2D eigenvalue weighted by Gasteiger charge is -2.20. The third kappa shape index (κ3) is 4.48. The second-order valence-electron chi connectivity index (χ2n) is 8.87. The number of rotatable bonds is 7. The summed E-state index contributed by atoms with van der Waals surface area (Å²) in [4.78, 5) is 32.6. The number of anilines is 2. The van der Waals surface area contributed by atoms with Crippen molar-refractivity contribution in [3.8, 4) is 0 Å². The molecule has 11 nitrogen and oxygen atoms in total. The van der Waals surface area contributed by atoms with Gasteiger partial charge in [0.2, 0.25) is 11.9 Å². The molecule has 11 heteroatoms. The topological polar surface area (TPSA) is 151 Å². The second-order valence-corrected chi connectivity index (χ2v) is 8.87. The number of carbonyl (C=O) groups excluding carboxylic acids is 2. The minimum atomic E-state index is -0.557. The lowest BCUT2D eigenvalue weighted by molar-refractivity contribution is -0.115. The molecule has 33 heavy (non-hydrogen) atoms. The number of nitrogens with two attached hydrogens (primary N) is 1. The number of hydrogen-bond donors (Lipinski definition) is 5. The third-order valence-corrected chi connectivity index (χ3v) is 5.45. The van der Waals surface area contributed by atoms with Crippen LogP contribution in [0, 0.1) is 0 Å².